The zero-order chi connectivity index (χ0) is 10.9. The molecule has 1 fully saturated rings. The Balaban J connectivity index is 2.17. The molecule has 0 aliphatic carbocycles. The number of aliphatic hydroxyl groups is 1. The fourth-order valence-electron chi connectivity index (χ4n) is 2.25. The van der Waals surface area contributed by atoms with Crippen LogP contribution in [0.5, 0.6) is 0 Å². The first-order valence-corrected chi connectivity index (χ1v) is 5.63. The van der Waals surface area contributed by atoms with Crippen LogP contribution in [-0.4, -0.2) is 17.7 Å². The monoisotopic (exact) mass is 205 g/mol. The van der Waals surface area contributed by atoms with Gasteiger partial charge in [-0.1, -0.05) is 44.2 Å². The van der Waals surface area contributed by atoms with E-state index in [0.29, 0.717) is 18.5 Å². The van der Waals surface area contributed by atoms with Crippen LogP contribution in [0, 0.1) is 5.92 Å². The smallest absolute Gasteiger partial charge is 0.103 e. The maximum Gasteiger partial charge on any atom is 0.103 e. The molecule has 2 atom stereocenters. The summed E-state index contributed by atoms with van der Waals surface area (Å²) >= 11 is 0. The molecule has 1 heterocycles. The third kappa shape index (κ3) is 2.06. The number of benzene rings is 1. The quantitative estimate of drug-likeness (QED) is 0.773. The molecule has 1 aromatic carbocycles. The van der Waals surface area contributed by atoms with Crippen molar-refractivity contribution in [3.63, 3.8) is 0 Å². The van der Waals surface area contributed by atoms with E-state index < -0.39 is 5.60 Å². The normalized spacial score (nSPS) is 31.1. The zero-order valence-electron chi connectivity index (χ0n) is 9.40. The van der Waals surface area contributed by atoms with Crippen LogP contribution in [0.2, 0.25) is 0 Å². The molecule has 2 heteroatoms. The van der Waals surface area contributed by atoms with Crippen molar-refractivity contribution >= 4 is 0 Å². The van der Waals surface area contributed by atoms with E-state index in [0.717, 1.165) is 12.0 Å². The van der Waals surface area contributed by atoms with E-state index in [1.165, 1.54) is 0 Å². The topological polar surface area (TPSA) is 32.3 Å². The van der Waals surface area contributed by atoms with Gasteiger partial charge in [-0.05, 0) is 17.9 Å². The Morgan fingerprint density at radius 3 is 2.53 bits per heavy atom. The van der Waals surface area contributed by atoms with Crippen molar-refractivity contribution < 1.29 is 5.11 Å². The lowest BCUT2D eigenvalue weighted by molar-refractivity contribution is 0.0544. The van der Waals surface area contributed by atoms with Crippen molar-refractivity contribution in [3.05, 3.63) is 35.9 Å². The highest BCUT2D eigenvalue weighted by Crippen LogP contribution is 2.32. The van der Waals surface area contributed by atoms with Crippen molar-refractivity contribution in [2.75, 3.05) is 6.54 Å². The lowest BCUT2D eigenvalue weighted by Crippen LogP contribution is -2.28. The molecule has 2 unspecified atom stereocenters. The van der Waals surface area contributed by atoms with E-state index in [1.807, 2.05) is 30.3 Å². The SMILES string of the molecule is CC(C)C1CC(O)(c2ccccc2)CN1. The Morgan fingerprint density at radius 2 is 2.00 bits per heavy atom. The van der Waals surface area contributed by atoms with Crippen LogP contribution in [0.1, 0.15) is 25.8 Å². The van der Waals surface area contributed by atoms with Gasteiger partial charge in [-0.25, -0.2) is 0 Å². The molecule has 2 N–H and O–H groups in total. The second-order valence-corrected chi connectivity index (χ2v) is 4.83. The number of hydrogen-bond acceptors (Lipinski definition) is 2. The van der Waals surface area contributed by atoms with Crippen molar-refractivity contribution in [3.8, 4) is 0 Å². The summed E-state index contributed by atoms with van der Waals surface area (Å²) in [5.74, 6) is 0.572. The van der Waals surface area contributed by atoms with E-state index in [-0.39, 0.29) is 0 Å². The number of rotatable bonds is 2. The first kappa shape index (κ1) is 10.7. The number of hydrogen-bond donors (Lipinski definition) is 2. The van der Waals surface area contributed by atoms with E-state index in [9.17, 15) is 5.11 Å². The molecule has 1 aromatic rings. The van der Waals surface area contributed by atoms with Crippen molar-refractivity contribution in [1.82, 2.24) is 5.32 Å². The molecule has 82 valence electrons. The minimum atomic E-state index is -0.670. The Bertz CT molecular complexity index is 323. The number of nitrogens with one attached hydrogen (secondary N) is 1. The highest BCUT2D eigenvalue weighted by Gasteiger charge is 2.39. The van der Waals surface area contributed by atoms with Crippen LogP contribution >= 0.6 is 0 Å². The molecule has 1 aliphatic rings. The van der Waals surface area contributed by atoms with Gasteiger partial charge >= 0.3 is 0 Å². The lowest BCUT2D eigenvalue weighted by Gasteiger charge is -2.23. The fraction of sp³-hybridized carbons (Fsp3) is 0.538. The van der Waals surface area contributed by atoms with Crippen molar-refractivity contribution in [1.29, 1.82) is 0 Å². The molecule has 15 heavy (non-hydrogen) atoms. The average Bonchev–Trinajstić information content (AvgIpc) is 2.64. The van der Waals surface area contributed by atoms with Crippen LogP contribution in [0.25, 0.3) is 0 Å². The second kappa shape index (κ2) is 3.95. The molecular weight excluding hydrogens is 186 g/mol. The number of β-amino-alcohol motifs (C(OH)–C–C–N with tert-alkyl or cyclic N) is 1. The highest BCUT2D eigenvalue weighted by molar-refractivity contribution is 5.24. The Kier molecular flexibility index (Phi) is 2.81. The minimum absolute atomic E-state index is 0.426. The molecule has 0 aromatic heterocycles. The summed E-state index contributed by atoms with van der Waals surface area (Å²) in [5.41, 5.74) is 0.358. The van der Waals surface area contributed by atoms with E-state index in [4.69, 9.17) is 0 Å². The van der Waals surface area contributed by atoms with Crippen LogP contribution in [0.3, 0.4) is 0 Å². The van der Waals surface area contributed by atoms with E-state index in [1.54, 1.807) is 0 Å². The van der Waals surface area contributed by atoms with Gasteiger partial charge in [-0.3, -0.25) is 0 Å². The molecule has 1 aliphatic heterocycles. The summed E-state index contributed by atoms with van der Waals surface area (Å²) in [6, 6.07) is 10.4. The van der Waals surface area contributed by atoms with E-state index >= 15 is 0 Å². The molecule has 0 bridgehead atoms. The van der Waals surface area contributed by atoms with Gasteiger partial charge in [-0.15, -0.1) is 0 Å². The Labute approximate surface area is 91.3 Å². The third-order valence-electron chi connectivity index (χ3n) is 3.33. The summed E-state index contributed by atoms with van der Waals surface area (Å²) < 4.78 is 0. The van der Waals surface area contributed by atoms with Gasteiger partial charge in [0.15, 0.2) is 0 Å². The zero-order valence-corrected chi connectivity index (χ0v) is 9.40. The summed E-state index contributed by atoms with van der Waals surface area (Å²) in [6.45, 7) is 5.04. The largest absolute Gasteiger partial charge is 0.384 e. The Hall–Kier alpha value is -0.860. The van der Waals surface area contributed by atoms with Crippen LogP contribution in [0.4, 0.5) is 0 Å². The van der Waals surface area contributed by atoms with Crippen LogP contribution in [0.15, 0.2) is 30.3 Å². The second-order valence-electron chi connectivity index (χ2n) is 4.83. The van der Waals surface area contributed by atoms with Gasteiger partial charge < -0.3 is 10.4 Å². The van der Waals surface area contributed by atoms with Crippen LogP contribution in [-0.2, 0) is 5.60 Å². The highest BCUT2D eigenvalue weighted by atomic mass is 16.3. The van der Waals surface area contributed by atoms with Crippen molar-refractivity contribution in [2.24, 2.45) is 5.92 Å². The Morgan fingerprint density at radius 1 is 1.33 bits per heavy atom. The first-order chi connectivity index (χ1) is 7.12. The van der Waals surface area contributed by atoms with Gasteiger partial charge in [-0.2, -0.15) is 0 Å². The van der Waals surface area contributed by atoms with Gasteiger partial charge in [0, 0.05) is 12.6 Å². The standard InChI is InChI=1S/C13H19NO/c1-10(2)12-8-13(15,9-14-12)11-6-4-3-5-7-11/h3-7,10,12,14-15H,8-9H2,1-2H3. The minimum Gasteiger partial charge on any atom is -0.384 e. The summed E-state index contributed by atoms with van der Waals surface area (Å²) in [6.07, 6.45) is 0.814. The van der Waals surface area contributed by atoms with Gasteiger partial charge in [0.2, 0.25) is 0 Å². The molecule has 2 rings (SSSR count). The summed E-state index contributed by atoms with van der Waals surface area (Å²) in [5, 5.41) is 13.9. The molecule has 1 saturated heterocycles. The molecule has 0 spiro atoms. The third-order valence-corrected chi connectivity index (χ3v) is 3.33. The molecule has 0 saturated carbocycles. The molecule has 2 nitrogen and oxygen atoms in total. The van der Waals surface area contributed by atoms with Crippen LogP contribution < -0.4 is 5.32 Å². The predicted octanol–water partition coefficient (Wildman–Crippen LogP) is 1.89. The fourth-order valence-corrected chi connectivity index (χ4v) is 2.25. The predicted molar refractivity (Wildman–Crippen MR) is 61.6 cm³/mol. The van der Waals surface area contributed by atoms with Gasteiger partial charge in [0.1, 0.15) is 5.60 Å². The van der Waals surface area contributed by atoms with Gasteiger partial charge in [0.25, 0.3) is 0 Å². The lowest BCUT2D eigenvalue weighted by atomic mass is 9.88. The average molecular weight is 205 g/mol. The summed E-state index contributed by atoms with van der Waals surface area (Å²) in [7, 11) is 0. The van der Waals surface area contributed by atoms with Crippen molar-refractivity contribution in [2.45, 2.75) is 31.9 Å². The first-order valence-electron chi connectivity index (χ1n) is 5.63. The maximum atomic E-state index is 10.5. The van der Waals surface area contributed by atoms with E-state index in [2.05, 4.69) is 19.2 Å². The molecular formula is C13H19NO. The molecule has 0 amide bonds. The molecule has 0 radical (unpaired) electrons. The maximum absolute atomic E-state index is 10.5. The summed E-state index contributed by atoms with van der Waals surface area (Å²) in [4.78, 5) is 0. The van der Waals surface area contributed by atoms with Gasteiger partial charge in [0.05, 0.1) is 0 Å².